The van der Waals surface area contributed by atoms with Crippen molar-refractivity contribution in [1.82, 2.24) is 24.7 Å². The van der Waals surface area contributed by atoms with Gasteiger partial charge in [0.2, 0.25) is 5.95 Å². The second-order valence-electron chi connectivity index (χ2n) is 5.07. The van der Waals surface area contributed by atoms with E-state index in [1.54, 1.807) is 0 Å². The van der Waals surface area contributed by atoms with E-state index in [0.29, 0.717) is 11.9 Å². The van der Waals surface area contributed by atoms with Crippen LogP contribution in [0.4, 0.5) is 5.95 Å². The molecule has 4 rings (SSSR count). The van der Waals surface area contributed by atoms with Crippen molar-refractivity contribution in [3.63, 3.8) is 0 Å². The predicted molar refractivity (Wildman–Crippen MR) is 72.5 cm³/mol. The summed E-state index contributed by atoms with van der Waals surface area (Å²) in [6.07, 6.45) is 2.38. The fourth-order valence-corrected chi connectivity index (χ4v) is 2.45. The molecule has 2 heterocycles. The maximum absolute atomic E-state index is 5.59. The molecule has 3 aromatic rings. The molecule has 6 nitrogen and oxygen atoms in total. The second kappa shape index (κ2) is 3.57. The summed E-state index contributed by atoms with van der Waals surface area (Å²) in [5.41, 5.74) is 8.94. The van der Waals surface area contributed by atoms with E-state index >= 15 is 0 Å². The lowest BCUT2D eigenvalue weighted by Gasteiger charge is -2.04. The van der Waals surface area contributed by atoms with Crippen LogP contribution in [0.2, 0.25) is 0 Å². The van der Waals surface area contributed by atoms with Crippen LogP contribution >= 0.6 is 0 Å². The molecule has 0 radical (unpaired) electrons. The first-order chi connectivity index (χ1) is 9.22. The first-order valence-corrected chi connectivity index (χ1v) is 6.39. The van der Waals surface area contributed by atoms with E-state index in [1.807, 2.05) is 0 Å². The molecular weight excluding hydrogens is 240 g/mol. The Bertz CT molecular complexity index is 765. The van der Waals surface area contributed by atoms with E-state index in [1.165, 1.54) is 18.4 Å². The lowest BCUT2D eigenvalue weighted by atomic mass is 10.2. The number of nitrogens with zero attached hydrogens (tertiary/aromatic N) is 4. The Morgan fingerprint density at radius 3 is 2.84 bits per heavy atom. The van der Waals surface area contributed by atoms with E-state index in [9.17, 15) is 0 Å². The van der Waals surface area contributed by atoms with Gasteiger partial charge in [-0.25, -0.2) is 4.98 Å². The Hall–Kier alpha value is -2.37. The molecule has 1 aromatic carbocycles. The average Bonchev–Trinajstić information content (AvgIpc) is 3.02. The van der Waals surface area contributed by atoms with Gasteiger partial charge < -0.3 is 10.3 Å². The molecule has 0 saturated heterocycles. The number of benzene rings is 1. The van der Waals surface area contributed by atoms with Crippen LogP contribution in [0.1, 0.15) is 24.4 Å². The van der Waals surface area contributed by atoms with Crippen LogP contribution in [0.15, 0.2) is 18.2 Å². The summed E-state index contributed by atoms with van der Waals surface area (Å²) in [6, 6.07) is 6.85. The summed E-state index contributed by atoms with van der Waals surface area (Å²) in [7, 11) is 0. The third kappa shape index (κ3) is 1.60. The number of hydrogen-bond donors (Lipinski definition) is 2. The zero-order valence-corrected chi connectivity index (χ0v) is 10.6. The van der Waals surface area contributed by atoms with Crippen LogP contribution in [0.25, 0.3) is 22.7 Å². The van der Waals surface area contributed by atoms with Gasteiger partial charge in [0.15, 0.2) is 11.6 Å². The minimum atomic E-state index is 0.251. The molecule has 3 N–H and O–H groups in total. The van der Waals surface area contributed by atoms with Crippen LogP contribution < -0.4 is 5.73 Å². The molecule has 96 valence electrons. The number of nitrogens with one attached hydrogen (secondary N) is 1. The fourth-order valence-electron chi connectivity index (χ4n) is 2.45. The van der Waals surface area contributed by atoms with Crippen molar-refractivity contribution in [2.45, 2.75) is 25.8 Å². The first-order valence-electron chi connectivity index (χ1n) is 6.39. The molecule has 19 heavy (non-hydrogen) atoms. The molecule has 0 spiro atoms. The predicted octanol–water partition coefficient (Wildman–Crippen LogP) is 2.05. The van der Waals surface area contributed by atoms with Crippen LogP contribution in [0, 0.1) is 6.92 Å². The van der Waals surface area contributed by atoms with Crippen molar-refractivity contribution in [3.05, 3.63) is 23.8 Å². The Morgan fingerprint density at radius 1 is 1.32 bits per heavy atom. The molecule has 2 aromatic heterocycles. The van der Waals surface area contributed by atoms with E-state index in [-0.39, 0.29) is 5.95 Å². The minimum absolute atomic E-state index is 0.251. The van der Waals surface area contributed by atoms with Gasteiger partial charge in [-0.15, -0.1) is 5.10 Å². The number of H-pyrrole nitrogens is 1. The minimum Gasteiger partial charge on any atom is -0.366 e. The Labute approximate surface area is 109 Å². The summed E-state index contributed by atoms with van der Waals surface area (Å²) < 4.78 is 2.24. The number of hydrogen-bond acceptors (Lipinski definition) is 4. The molecule has 1 aliphatic carbocycles. The summed E-state index contributed by atoms with van der Waals surface area (Å²) in [4.78, 5) is 8.89. The highest BCUT2D eigenvalue weighted by atomic mass is 15.3. The largest absolute Gasteiger partial charge is 0.366 e. The van der Waals surface area contributed by atoms with E-state index < -0.39 is 0 Å². The Kier molecular flexibility index (Phi) is 1.98. The molecule has 6 heteroatoms. The van der Waals surface area contributed by atoms with Crippen molar-refractivity contribution in [2.75, 3.05) is 5.73 Å². The van der Waals surface area contributed by atoms with Gasteiger partial charge in [0.1, 0.15) is 0 Å². The first kappa shape index (κ1) is 10.5. The lowest BCUT2D eigenvalue weighted by Crippen LogP contribution is -1.98. The van der Waals surface area contributed by atoms with Crippen LogP contribution in [0.5, 0.6) is 0 Å². The molecule has 0 aliphatic heterocycles. The molecule has 1 aliphatic rings. The van der Waals surface area contributed by atoms with Crippen molar-refractivity contribution >= 4 is 17.0 Å². The Morgan fingerprint density at radius 2 is 2.16 bits per heavy atom. The number of aromatic amines is 1. The Balaban J connectivity index is 2.01. The van der Waals surface area contributed by atoms with Gasteiger partial charge in [-0.2, -0.15) is 4.98 Å². The van der Waals surface area contributed by atoms with Gasteiger partial charge in [-0.3, -0.25) is 5.10 Å². The van der Waals surface area contributed by atoms with Gasteiger partial charge in [-0.05, 0) is 37.5 Å². The summed E-state index contributed by atoms with van der Waals surface area (Å²) in [6.45, 7) is 2.07. The number of nitrogens with two attached hydrogens (primary N) is 1. The van der Waals surface area contributed by atoms with Crippen molar-refractivity contribution in [2.24, 2.45) is 0 Å². The zero-order valence-electron chi connectivity index (χ0n) is 10.6. The molecule has 0 bridgehead atoms. The molecular formula is C13H14N6. The number of nitrogen functional groups attached to an aromatic ring is 1. The van der Waals surface area contributed by atoms with Gasteiger partial charge in [0.25, 0.3) is 0 Å². The van der Waals surface area contributed by atoms with Gasteiger partial charge in [0.05, 0.1) is 11.0 Å². The quantitative estimate of drug-likeness (QED) is 0.732. The van der Waals surface area contributed by atoms with Gasteiger partial charge in [0, 0.05) is 6.04 Å². The van der Waals surface area contributed by atoms with Crippen LogP contribution in [0.3, 0.4) is 0 Å². The van der Waals surface area contributed by atoms with Crippen LogP contribution in [-0.2, 0) is 0 Å². The monoisotopic (exact) mass is 254 g/mol. The smallest absolute Gasteiger partial charge is 0.239 e. The third-order valence-electron chi connectivity index (χ3n) is 3.47. The third-order valence-corrected chi connectivity index (χ3v) is 3.47. The average molecular weight is 254 g/mol. The summed E-state index contributed by atoms with van der Waals surface area (Å²) in [5.74, 6) is 1.71. The maximum atomic E-state index is 5.59. The SMILES string of the molecule is Cc1ccc2c(c1)nc(-c1nc(N)n[nH]1)n2C1CC1. The van der Waals surface area contributed by atoms with Crippen LogP contribution in [-0.4, -0.2) is 24.7 Å². The van der Waals surface area contributed by atoms with E-state index in [0.717, 1.165) is 16.9 Å². The molecule has 0 atom stereocenters. The summed E-state index contributed by atoms with van der Waals surface area (Å²) >= 11 is 0. The second-order valence-corrected chi connectivity index (χ2v) is 5.07. The topological polar surface area (TPSA) is 85.4 Å². The normalized spacial score (nSPS) is 15.2. The highest BCUT2D eigenvalue weighted by Gasteiger charge is 2.29. The molecule has 1 saturated carbocycles. The number of imidazole rings is 1. The van der Waals surface area contributed by atoms with Crippen molar-refractivity contribution in [1.29, 1.82) is 0 Å². The molecule has 0 unspecified atom stereocenters. The van der Waals surface area contributed by atoms with Gasteiger partial charge in [-0.1, -0.05) is 6.07 Å². The van der Waals surface area contributed by atoms with Crippen molar-refractivity contribution in [3.8, 4) is 11.6 Å². The highest BCUT2D eigenvalue weighted by molar-refractivity contribution is 5.80. The molecule has 0 amide bonds. The van der Waals surface area contributed by atoms with E-state index in [2.05, 4.69) is 44.9 Å². The number of aromatic nitrogens is 5. The lowest BCUT2D eigenvalue weighted by molar-refractivity contribution is 0.769. The zero-order chi connectivity index (χ0) is 13.0. The van der Waals surface area contributed by atoms with Crippen molar-refractivity contribution < 1.29 is 0 Å². The number of rotatable bonds is 2. The maximum Gasteiger partial charge on any atom is 0.239 e. The highest BCUT2D eigenvalue weighted by Crippen LogP contribution is 2.40. The number of anilines is 1. The molecule has 1 fully saturated rings. The van der Waals surface area contributed by atoms with E-state index in [4.69, 9.17) is 10.7 Å². The summed E-state index contributed by atoms with van der Waals surface area (Å²) in [5, 5.41) is 6.74. The standard InChI is InChI=1S/C13H14N6/c1-7-2-5-10-9(6-7)15-12(19(10)8-3-4-8)11-16-13(14)18-17-11/h2,5-6,8H,3-4H2,1H3,(H3,14,16,17,18). The van der Waals surface area contributed by atoms with Gasteiger partial charge >= 0.3 is 0 Å². The number of aryl methyl sites for hydroxylation is 1. The number of fused-ring (bicyclic) bond motifs is 1. The fraction of sp³-hybridized carbons (Fsp3) is 0.308.